The monoisotopic (exact) mass is 252 g/mol. The highest BCUT2D eigenvalue weighted by Crippen LogP contribution is 2.38. The minimum absolute atomic E-state index is 0.750. The molecule has 84 valence electrons. The number of fused-ring (bicyclic) bond motifs is 1. The zero-order valence-corrected chi connectivity index (χ0v) is 10.6. The Morgan fingerprint density at radius 3 is 3.12 bits per heavy atom. The summed E-state index contributed by atoms with van der Waals surface area (Å²) in [6.07, 6.45) is 1.35. The van der Waals surface area contributed by atoms with Crippen LogP contribution in [0.5, 0.6) is 0 Å². The first-order valence-electron chi connectivity index (χ1n) is 5.52. The second-order valence-electron chi connectivity index (χ2n) is 4.49. The van der Waals surface area contributed by atoms with Gasteiger partial charge >= 0.3 is 0 Å². The molecule has 1 fully saturated rings. The summed E-state index contributed by atoms with van der Waals surface area (Å²) in [5.41, 5.74) is 0.990. The fourth-order valence-electron chi connectivity index (χ4n) is 1.88. The molecule has 1 aliphatic rings. The topological polar surface area (TPSA) is 24.9 Å². The summed E-state index contributed by atoms with van der Waals surface area (Å²) >= 11 is 7.62. The van der Waals surface area contributed by atoms with Gasteiger partial charge in [0.2, 0.25) is 0 Å². The van der Waals surface area contributed by atoms with E-state index in [1.165, 1.54) is 11.1 Å². The van der Waals surface area contributed by atoms with Gasteiger partial charge < -0.3 is 5.32 Å². The summed E-state index contributed by atoms with van der Waals surface area (Å²) in [6.45, 7) is 3.35. The smallest absolute Gasteiger partial charge is 0.183 e. The molecule has 1 heterocycles. The van der Waals surface area contributed by atoms with Crippen molar-refractivity contribution in [2.75, 3.05) is 11.9 Å². The van der Waals surface area contributed by atoms with Crippen LogP contribution in [0.1, 0.15) is 13.3 Å². The van der Waals surface area contributed by atoms with Gasteiger partial charge in [0.05, 0.1) is 10.2 Å². The molecule has 0 amide bonds. The molecule has 1 aromatic carbocycles. The van der Waals surface area contributed by atoms with E-state index in [0.29, 0.717) is 0 Å². The van der Waals surface area contributed by atoms with Gasteiger partial charge in [-0.05, 0) is 36.5 Å². The molecule has 1 N–H and O–H groups in total. The molecule has 0 radical (unpaired) electrons. The Bertz CT molecular complexity index is 523. The fraction of sp³-hybridized carbons (Fsp3) is 0.417. The Balaban J connectivity index is 1.77. The third kappa shape index (κ3) is 2.02. The van der Waals surface area contributed by atoms with Crippen LogP contribution < -0.4 is 5.32 Å². The predicted octanol–water partition coefficient (Wildman–Crippen LogP) is 4.02. The molecule has 0 saturated heterocycles. The molecule has 0 aliphatic heterocycles. The Hall–Kier alpha value is -0.800. The summed E-state index contributed by atoms with van der Waals surface area (Å²) in [5, 5.41) is 5.17. The SMILES string of the molecule is CC1CC1CNc1nc2cc(Cl)ccc2s1. The molecule has 2 aromatic rings. The number of hydrogen-bond acceptors (Lipinski definition) is 3. The van der Waals surface area contributed by atoms with Crippen molar-refractivity contribution in [2.24, 2.45) is 11.8 Å². The average molecular weight is 253 g/mol. The Labute approximate surface area is 104 Å². The first-order valence-corrected chi connectivity index (χ1v) is 6.72. The van der Waals surface area contributed by atoms with Gasteiger partial charge in [0.1, 0.15) is 0 Å². The van der Waals surface area contributed by atoms with Crippen LogP contribution in [0.15, 0.2) is 18.2 Å². The fourth-order valence-corrected chi connectivity index (χ4v) is 2.90. The summed E-state index contributed by atoms with van der Waals surface area (Å²) in [6, 6.07) is 5.85. The average Bonchev–Trinajstić information content (AvgIpc) is 2.81. The van der Waals surface area contributed by atoms with E-state index in [4.69, 9.17) is 11.6 Å². The normalized spacial score (nSPS) is 23.6. The quantitative estimate of drug-likeness (QED) is 0.893. The third-order valence-corrected chi connectivity index (χ3v) is 4.37. The Kier molecular flexibility index (Phi) is 2.52. The van der Waals surface area contributed by atoms with Crippen molar-refractivity contribution < 1.29 is 0 Å². The molecule has 16 heavy (non-hydrogen) atoms. The second kappa shape index (κ2) is 3.90. The molecule has 1 aliphatic carbocycles. The largest absolute Gasteiger partial charge is 0.361 e. The summed E-state index contributed by atoms with van der Waals surface area (Å²) < 4.78 is 1.19. The first-order chi connectivity index (χ1) is 7.72. The van der Waals surface area contributed by atoms with Crippen LogP contribution in [0.25, 0.3) is 10.2 Å². The van der Waals surface area contributed by atoms with E-state index in [9.17, 15) is 0 Å². The lowest BCUT2D eigenvalue weighted by molar-refractivity contribution is 0.787. The van der Waals surface area contributed by atoms with Crippen molar-refractivity contribution >= 4 is 38.3 Å². The number of hydrogen-bond donors (Lipinski definition) is 1. The van der Waals surface area contributed by atoms with E-state index in [2.05, 4.69) is 17.2 Å². The maximum Gasteiger partial charge on any atom is 0.183 e. The molecule has 2 unspecified atom stereocenters. The molecular formula is C12H13ClN2S. The highest BCUT2D eigenvalue weighted by atomic mass is 35.5. The lowest BCUT2D eigenvalue weighted by Crippen LogP contribution is -2.03. The van der Waals surface area contributed by atoms with E-state index in [0.717, 1.165) is 34.1 Å². The van der Waals surface area contributed by atoms with Crippen molar-refractivity contribution in [3.8, 4) is 0 Å². The van der Waals surface area contributed by atoms with Gasteiger partial charge in [-0.3, -0.25) is 0 Å². The second-order valence-corrected chi connectivity index (χ2v) is 5.95. The summed E-state index contributed by atoms with van der Waals surface area (Å²) in [5.74, 6) is 1.73. The molecule has 0 bridgehead atoms. The molecule has 4 heteroatoms. The van der Waals surface area contributed by atoms with Crippen molar-refractivity contribution in [3.05, 3.63) is 23.2 Å². The maximum absolute atomic E-state index is 5.93. The first kappa shape index (κ1) is 10.4. The van der Waals surface area contributed by atoms with Gasteiger partial charge in [0.25, 0.3) is 0 Å². The number of rotatable bonds is 3. The van der Waals surface area contributed by atoms with Crippen molar-refractivity contribution in [3.63, 3.8) is 0 Å². The highest BCUT2D eigenvalue weighted by molar-refractivity contribution is 7.22. The molecule has 2 atom stereocenters. The highest BCUT2D eigenvalue weighted by Gasteiger charge is 2.32. The van der Waals surface area contributed by atoms with E-state index < -0.39 is 0 Å². The van der Waals surface area contributed by atoms with E-state index >= 15 is 0 Å². The maximum atomic E-state index is 5.93. The number of anilines is 1. The molecule has 1 saturated carbocycles. The number of nitrogens with zero attached hydrogens (tertiary/aromatic N) is 1. The van der Waals surface area contributed by atoms with Crippen molar-refractivity contribution in [1.29, 1.82) is 0 Å². The number of thiazole rings is 1. The van der Waals surface area contributed by atoms with Gasteiger partial charge in [-0.2, -0.15) is 0 Å². The van der Waals surface area contributed by atoms with E-state index in [1.54, 1.807) is 11.3 Å². The number of halogens is 1. The van der Waals surface area contributed by atoms with E-state index in [1.807, 2.05) is 18.2 Å². The van der Waals surface area contributed by atoms with Crippen LogP contribution >= 0.6 is 22.9 Å². The van der Waals surface area contributed by atoms with Crippen LogP contribution in [-0.2, 0) is 0 Å². The van der Waals surface area contributed by atoms with Gasteiger partial charge in [0.15, 0.2) is 5.13 Å². The molecule has 3 rings (SSSR count). The van der Waals surface area contributed by atoms with Crippen molar-refractivity contribution in [1.82, 2.24) is 4.98 Å². The van der Waals surface area contributed by atoms with Gasteiger partial charge in [-0.25, -0.2) is 4.98 Å². The van der Waals surface area contributed by atoms with Crippen LogP contribution in [0.4, 0.5) is 5.13 Å². The zero-order valence-electron chi connectivity index (χ0n) is 9.03. The van der Waals surface area contributed by atoms with Crippen LogP contribution in [0, 0.1) is 11.8 Å². The number of aromatic nitrogens is 1. The predicted molar refractivity (Wildman–Crippen MR) is 70.4 cm³/mol. The van der Waals surface area contributed by atoms with Gasteiger partial charge in [-0.1, -0.05) is 29.9 Å². The number of benzene rings is 1. The van der Waals surface area contributed by atoms with Gasteiger partial charge in [-0.15, -0.1) is 0 Å². The lowest BCUT2D eigenvalue weighted by atomic mass is 10.3. The zero-order chi connectivity index (χ0) is 11.1. The Morgan fingerprint density at radius 1 is 1.56 bits per heavy atom. The van der Waals surface area contributed by atoms with Gasteiger partial charge in [0, 0.05) is 11.6 Å². The minimum Gasteiger partial charge on any atom is -0.361 e. The molecular weight excluding hydrogens is 240 g/mol. The summed E-state index contributed by atoms with van der Waals surface area (Å²) in [7, 11) is 0. The lowest BCUT2D eigenvalue weighted by Gasteiger charge is -1.98. The van der Waals surface area contributed by atoms with Crippen LogP contribution in [0.2, 0.25) is 5.02 Å². The van der Waals surface area contributed by atoms with Crippen LogP contribution in [-0.4, -0.2) is 11.5 Å². The van der Waals surface area contributed by atoms with E-state index in [-0.39, 0.29) is 0 Å². The number of nitrogens with one attached hydrogen (secondary N) is 1. The summed E-state index contributed by atoms with van der Waals surface area (Å²) in [4.78, 5) is 4.52. The minimum atomic E-state index is 0.750. The standard InChI is InChI=1S/C12H13ClN2S/c1-7-4-8(7)6-14-12-15-10-5-9(13)2-3-11(10)16-12/h2-3,5,7-8H,4,6H2,1H3,(H,14,15). The molecule has 1 aromatic heterocycles. The molecule has 0 spiro atoms. The van der Waals surface area contributed by atoms with Crippen LogP contribution in [0.3, 0.4) is 0 Å². The Morgan fingerprint density at radius 2 is 2.38 bits per heavy atom. The third-order valence-electron chi connectivity index (χ3n) is 3.14. The van der Waals surface area contributed by atoms with Crippen molar-refractivity contribution in [2.45, 2.75) is 13.3 Å². The molecule has 2 nitrogen and oxygen atoms in total.